The van der Waals surface area contributed by atoms with Gasteiger partial charge in [-0.25, -0.2) is 14.4 Å². The lowest BCUT2D eigenvalue weighted by molar-refractivity contribution is 0.311. The molecule has 1 saturated heterocycles. The van der Waals surface area contributed by atoms with E-state index < -0.39 is 21.6 Å². The van der Waals surface area contributed by atoms with E-state index in [9.17, 15) is 8.94 Å². The number of halogens is 1. The van der Waals surface area contributed by atoms with Crippen molar-refractivity contribution in [1.29, 1.82) is 0 Å². The SMILES string of the molecule is CN1CCN(c2ncc([C@@](C)(N[S+]([O-])C(C)(C)C)c3ccc(F)cc3)cn2)CC1. The molecule has 0 saturated carbocycles. The highest BCUT2D eigenvalue weighted by molar-refractivity contribution is 7.90. The van der Waals surface area contributed by atoms with Crippen LogP contribution in [0.15, 0.2) is 36.7 Å². The molecule has 2 atom stereocenters. The topological polar surface area (TPSA) is 67.3 Å². The van der Waals surface area contributed by atoms with E-state index in [0.29, 0.717) is 5.95 Å². The second kappa shape index (κ2) is 8.55. The molecule has 1 aliphatic rings. The predicted octanol–water partition coefficient (Wildman–Crippen LogP) is 2.68. The molecule has 1 unspecified atom stereocenters. The molecule has 8 heteroatoms. The number of nitrogens with zero attached hydrogens (tertiary/aromatic N) is 4. The highest BCUT2D eigenvalue weighted by atomic mass is 32.2. The Morgan fingerprint density at radius 3 is 2.03 bits per heavy atom. The summed E-state index contributed by atoms with van der Waals surface area (Å²) in [4.78, 5) is 13.6. The third-order valence-corrected chi connectivity index (χ3v) is 6.98. The fraction of sp³-hybridized carbons (Fsp3) is 0.524. The van der Waals surface area contributed by atoms with E-state index in [1.807, 2.05) is 27.7 Å². The summed E-state index contributed by atoms with van der Waals surface area (Å²) in [6.45, 7) is 11.4. The summed E-state index contributed by atoms with van der Waals surface area (Å²) >= 11 is -1.34. The van der Waals surface area contributed by atoms with E-state index in [2.05, 4.69) is 31.5 Å². The average Bonchev–Trinajstić information content (AvgIpc) is 2.68. The van der Waals surface area contributed by atoms with Gasteiger partial charge in [0, 0.05) is 55.5 Å². The lowest BCUT2D eigenvalue weighted by Crippen LogP contribution is -2.50. The monoisotopic (exact) mass is 419 g/mol. The maximum absolute atomic E-state index is 13.5. The Kier molecular flexibility index (Phi) is 6.48. The summed E-state index contributed by atoms with van der Waals surface area (Å²) in [6.07, 6.45) is 3.55. The number of likely N-dealkylation sites (N-methyl/N-ethyl adjacent to an activating group) is 1. The highest BCUT2D eigenvalue weighted by Gasteiger charge is 2.39. The van der Waals surface area contributed by atoms with E-state index in [0.717, 1.165) is 37.3 Å². The first-order valence-corrected chi connectivity index (χ1v) is 11.0. The number of aromatic nitrogens is 2. The molecule has 3 rings (SSSR count). The van der Waals surface area contributed by atoms with E-state index >= 15 is 0 Å². The van der Waals surface area contributed by atoms with Crippen molar-refractivity contribution in [2.45, 2.75) is 38.0 Å². The normalized spacial score (nSPS) is 19.1. The molecule has 158 valence electrons. The fourth-order valence-electron chi connectivity index (χ4n) is 3.16. The van der Waals surface area contributed by atoms with Gasteiger partial charge in [0.15, 0.2) is 0 Å². The van der Waals surface area contributed by atoms with Crippen LogP contribution in [0.1, 0.15) is 38.8 Å². The molecule has 1 aromatic carbocycles. The molecule has 0 spiro atoms. The molecule has 1 fully saturated rings. The second-order valence-electron chi connectivity index (χ2n) is 8.68. The third-order valence-electron chi connectivity index (χ3n) is 5.28. The number of piperazine rings is 1. The molecule has 0 bridgehead atoms. The van der Waals surface area contributed by atoms with E-state index in [1.165, 1.54) is 12.1 Å². The van der Waals surface area contributed by atoms with Crippen molar-refractivity contribution in [3.8, 4) is 0 Å². The fourth-order valence-corrected chi connectivity index (χ4v) is 4.07. The van der Waals surface area contributed by atoms with Crippen LogP contribution in [0.4, 0.5) is 10.3 Å². The van der Waals surface area contributed by atoms with Gasteiger partial charge in [-0.05, 0) is 52.4 Å². The van der Waals surface area contributed by atoms with Crippen molar-refractivity contribution >= 4 is 17.3 Å². The van der Waals surface area contributed by atoms with Crippen LogP contribution in [0.5, 0.6) is 0 Å². The van der Waals surface area contributed by atoms with Gasteiger partial charge in [-0.3, -0.25) is 0 Å². The number of rotatable bonds is 5. The molecule has 2 heterocycles. The van der Waals surface area contributed by atoms with Gasteiger partial charge in [-0.15, -0.1) is 4.72 Å². The summed E-state index contributed by atoms with van der Waals surface area (Å²) in [5.74, 6) is 0.384. The quantitative estimate of drug-likeness (QED) is 0.752. The molecular weight excluding hydrogens is 389 g/mol. The predicted molar refractivity (Wildman–Crippen MR) is 116 cm³/mol. The van der Waals surface area contributed by atoms with Crippen molar-refractivity contribution in [2.75, 3.05) is 38.1 Å². The molecule has 0 aliphatic carbocycles. The van der Waals surface area contributed by atoms with Gasteiger partial charge >= 0.3 is 0 Å². The number of hydrogen-bond donors (Lipinski definition) is 1. The summed E-state index contributed by atoms with van der Waals surface area (Å²) in [7, 11) is 2.11. The van der Waals surface area contributed by atoms with Crippen molar-refractivity contribution < 1.29 is 8.94 Å². The first-order valence-electron chi connectivity index (χ1n) is 9.81. The van der Waals surface area contributed by atoms with Crippen LogP contribution in [0, 0.1) is 5.82 Å². The van der Waals surface area contributed by atoms with Crippen molar-refractivity contribution in [3.05, 3.63) is 53.6 Å². The van der Waals surface area contributed by atoms with E-state index in [1.54, 1.807) is 24.5 Å². The molecule has 29 heavy (non-hydrogen) atoms. The smallest absolute Gasteiger partial charge is 0.225 e. The lowest BCUT2D eigenvalue weighted by Gasteiger charge is -2.36. The minimum Gasteiger partial charge on any atom is -0.598 e. The summed E-state index contributed by atoms with van der Waals surface area (Å²) in [6, 6.07) is 6.23. The molecule has 1 N–H and O–H groups in total. The number of anilines is 1. The van der Waals surface area contributed by atoms with Crippen LogP contribution in [-0.2, 0) is 16.9 Å². The maximum Gasteiger partial charge on any atom is 0.225 e. The Balaban J connectivity index is 1.92. The molecule has 2 aromatic rings. The van der Waals surface area contributed by atoms with Gasteiger partial charge < -0.3 is 14.4 Å². The zero-order valence-corrected chi connectivity index (χ0v) is 18.6. The maximum atomic E-state index is 13.5. The van der Waals surface area contributed by atoms with Crippen molar-refractivity contribution in [2.24, 2.45) is 0 Å². The average molecular weight is 420 g/mol. The van der Waals surface area contributed by atoms with Crippen molar-refractivity contribution in [3.63, 3.8) is 0 Å². The third kappa shape index (κ3) is 5.06. The van der Waals surface area contributed by atoms with Gasteiger partial charge in [0.2, 0.25) is 5.95 Å². The van der Waals surface area contributed by atoms with Crippen LogP contribution in [0.3, 0.4) is 0 Å². The molecule has 6 nitrogen and oxygen atoms in total. The first-order chi connectivity index (χ1) is 13.6. The van der Waals surface area contributed by atoms with Crippen LogP contribution in [0.25, 0.3) is 0 Å². The van der Waals surface area contributed by atoms with Crippen molar-refractivity contribution in [1.82, 2.24) is 19.6 Å². The molecular formula is C21H30FN5OS. The van der Waals surface area contributed by atoms with Gasteiger partial charge in [-0.1, -0.05) is 12.1 Å². The number of hydrogen-bond acceptors (Lipinski definition) is 6. The van der Waals surface area contributed by atoms with Gasteiger partial charge in [0.1, 0.15) is 16.1 Å². The van der Waals surface area contributed by atoms with Crippen LogP contribution < -0.4 is 9.62 Å². The Labute approximate surface area is 175 Å². The summed E-state index contributed by atoms with van der Waals surface area (Å²) in [5.41, 5.74) is 0.749. The Morgan fingerprint density at radius 2 is 1.52 bits per heavy atom. The van der Waals surface area contributed by atoms with E-state index in [4.69, 9.17) is 0 Å². The van der Waals surface area contributed by atoms with Gasteiger partial charge in [0.25, 0.3) is 0 Å². The minimum absolute atomic E-state index is 0.310. The first kappa shape index (κ1) is 22.0. The highest BCUT2D eigenvalue weighted by Crippen LogP contribution is 2.32. The molecule has 1 aromatic heterocycles. The second-order valence-corrected chi connectivity index (χ2v) is 10.6. The Morgan fingerprint density at radius 1 is 0.966 bits per heavy atom. The van der Waals surface area contributed by atoms with Crippen LogP contribution in [-0.4, -0.2) is 57.4 Å². The molecule has 1 aliphatic heterocycles. The largest absolute Gasteiger partial charge is 0.598 e. The zero-order chi connectivity index (χ0) is 21.2. The lowest BCUT2D eigenvalue weighted by atomic mass is 9.87. The Hall–Kier alpha value is -1.74. The Bertz CT molecular complexity index is 803. The zero-order valence-electron chi connectivity index (χ0n) is 17.8. The van der Waals surface area contributed by atoms with Gasteiger partial charge in [-0.2, -0.15) is 0 Å². The molecule has 0 amide bonds. The van der Waals surface area contributed by atoms with Gasteiger partial charge in [0.05, 0.1) is 0 Å². The van der Waals surface area contributed by atoms with E-state index in [-0.39, 0.29) is 5.82 Å². The molecule has 0 radical (unpaired) electrons. The number of benzene rings is 1. The van der Waals surface area contributed by atoms with Crippen LogP contribution >= 0.6 is 0 Å². The summed E-state index contributed by atoms with van der Waals surface area (Å²) in [5, 5.41) is 0. The summed E-state index contributed by atoms with van der Waals surface area (Å²) < 4.78 is 29.2. The minimum atomic E-state index is -1.34. The number of nitrogens with one attached hydrogen (secondary N) is 1. The van der Waals surface area contributed by atoms with Crippen LogP contribution in [0.2, 0.25) is 0 Å². The standard InChI is InChI=1S/C21H30FN5OS/c1-20(2,3)29(28)25-21(4,16-6-8-18(22)9-7-16)17-14-23-19(24-15-17)27-12-10-26(5)11-13-27/h6-9,14-15,25H,10-13H2,1-5H3/t21-,29?/m0/s1.